The third kappa shape index (κ3) is 3.41. The van der Waals surface area contributed by atoms with Crippen molar-refractivity contribution in [2.75, 3.05) is 0 Å². The van der Waals surface area contributed by atoms with Crippen molar-refractivity contribution >= 4 is 12.0 Å². The van der Waals surface area contributed by atoms with Gasteiger partial charge >= 0.3 is 0 Å². The lowest BCUT2D eigenvalue weighted by molar-refractivity contribution is -0.107. The summed E-state index contributed by atoms with van der Waals surface area (Å²) in [4.78, 5) is 17.9. The number of carbonyl (C=O) groups excluding carboxylic acids is 1. The first-order valence-electron chi connectivity index (χ1n) is 8.66. The molecule has 134 valence electrons. The summed E-state index contributed by atoms with van der Waals surface area (Å²) in [5, 5.41) is 11.8. The van der Waals surface area contributed by atoms with Gasteiger partial charge in [0.1, 0.15) is 5.75 Å². The van der Waals surface area contributed by atoms with Gasteiger partial charge in [-0.25, -0.2) is 0 Å². The van der Waals surface area contributed by atoms with E-state index in [1.165, 1.54) is 0 Å². The Balaban J connectivity index is 1.95. The molecule has 3 rings (SSSR count). The highest BCUT2D eigenvalue weighted by atomic mass is 16.7. The Kier molecular flexibility index (Phi) is 5.24. The van der Waals surface area contributed by atoms with E-state index in [1.54, 1.807) is 5.06 Å². The molecule has 26 heavy (non-hydrogen) atoms. The molecule has 0 bridgehead atoms. The van der Waals surface area contributed by atoms with Gasteiger partial charge in [-0.2, -0.15) is 0 Å². The Morgan fingerprint density at radius 2 is 1.81 bits per heavy atom. The first-order chi connectivity index (χ1) is 12.5. The SMILES string of the molecule is C/C=C/C1C(C=O)=C(c2ccccc2)ON1Cc1cc(C)c(O)c(C)c1. The van der Waals surface area contributed by atoms with Gasteiger partial charge in [-0.15, -0.1) is 5.06 Å². The highest BCUT2D eigenvalue weighted by molar-refractivity contribution is 5.89. The van der Waals surface area contributed by atoms with E-state index in [-0.39, 0.29) is 6.04 Å². The van der Waals surface area contributed by atoms with Crippen molar-refractivity contribution < 1.29 is 14.7 Å². The van der Waals surface area contributed by atoms with Crippen molar-refractivity contribution in [3.63, 3.8) is 0 Å². The quantitative estimate of drug-likeness (QED) is 0.645. The van der Waals surface area contributed by atoms with Crippen LogP contribution in [-0.2, 0) is 16.2 Å². The largest absolute Gasteiger partial charge is 0.507 e. The number of phenols is 1. The van der Waals surface area contributed by atoms with E-state index in [0.717, 1.165) is 28.5 Å². The van der Waals surface area contributed by atoms with Gasteiger partial charge in [0.2, 0.25) is 0 Å². The number of aromatic hydroxyl groups is 1. The summed E-state index contributed by atoms with van der Waals surface area (Å²) in [5.74, 6) is 0.911. The fourth-order valence-corrected chi connectivity index (χ4v) is 3.28. The number of hydrogen-bond acceptors (Lipinski definition) is 4. The lowest BCUT2D eigenvalue weighted by Gasteiger charge is -2.22. The van der Waals surface area contributed by atoms with Crippen molar-refractivity contribution in [1.29, 1.82) is 0 Å². The van der Waals surface area contributed by atoms with Crippen molar-refractivity contribution in [3.05, 3.63) is 82.4 Å². The van der Waals surface area contributed by atoms with Crippen LogP contribution >= 0.6 is 0 Å². The molecule has 1 aliphatic heterocycles. The standard InChI is InChI=1S/C22H23NO3/c1-4-8-20-19(14-24)22(18-9-6-5-7-10-18)26-23(20)13-17-11-15(2)21(25)16(3)12-17/h4-12,14,20,25H,13H2,1-3H3/b8-4+. The van der Waals surface area contributed by atoms with Gasteiger partial charge < -0.3 is 9.94 Å². The fraction of sp³-hybridized carbons (Fsp3) is 0.227. The molecule has 0 amide bonds. The average molecular weight is 349 g/mol. The van der Waals surface area contributed by atoms with Crippen molar-refractivity contribution in [1.82, 2.24) is 5.06 Å². The van der Waals surface area contributed by atoms with Crippen LogP contribution < -0.4 is 0 Å². The molecule has 0 radical (unpaired) electrons. The second-order valence-electron chi connectivity index (χ2n) is 6.48. The molecular weight excluding hydrogens is 326 g/mol. The number of phenolic OH excluding ortho intramolecular Hbond substituents is 1. The number of rotatable bonds is 5. The van der Waals surface area contributed by atoms with E-state index in [4.69, 9.17) is 4.84 Å². The summed E-state index contributed by atoms with van der Waals surface area (Å²) in [6.07, 6.45) is 4.76. The van der Waals surface area contributed by atoms with Crippen LogP contribution in [0.15, 0.2) is 60.2 Å². The summed E-state index contributed by atoms with van der Waals surface area (Å²) in [6, 6.07) is 13.3. The maximum absolute atomic E-state index is 11.8. The number of allylic oxidation sites excluding steroid dienone is 1. The Labute approximate surface area is 154 Å². The molecule has 1 atom stereocenters. The van der Waals surface area contributed by atoms with Crippen LogP contribution in [0.5, 0.6) is 5.75 Å². The second kappa shape index (κ2) is 7.58. The summed E-state index contributed by atoms with van der Waals surface area (Å²) in [5.41, 5.74) is 4.17. The van der Waals surface area contributed by atoms with E-state index in [0.29, 0.717) is 23.6 Å². The first-order valence-corrected chi connectivity index (χ1v) is 8.66. The van der Waals surface area contributed by atoms with Gasteiger partial charge in [0.05, 0.1) is 18.2 Å². The Morgan fingerprint density at radius 3 is 2.38 bits per heavy atom. The molecule has 0 aromatic heterocycles. The molecule has 1 aliphatic rings. The molecular formula is C22H23NO3. The van der Waals surface area contributed by atoms with Gasteiger partial charge in [-0.3, -0.25) is 4.79 Å². The molecule has 0 spiro atoms. The molecule has 2 aromatic carbocycles. The lowest BCUT2D eigenvalue weighted by Crippen LogP contribution is -2.29. The summed E-state index contributed by atoms with van der Waals surface area (Å²) in [6.45, 7) is 6.19. The Hall–Kier alpha value is -2.85. The predicted molar refractivity (Wildman–Crippen MR) is 102 cm³/mol. The maximum Gasteiger partial charge on any atom is 0.163 e. The third-order valence-corrected chi connectivity index (χ3v) is 4.53. The average Bonchev–Trinajstić information content (AvgIpc) is 2.98. The molecule has 1 unspecified atom stereocenters. The van der Waals surface area contributed by atoms with E-state index in [2.05, 4.69) is 0 Å². The summed E-state index contributed by atoms with van der Waals surface area (Å²) < 4.78 is 0. The van der Waals surface area contributed by atoms with Crippen LogP contribution in [0.4, 0.5) is 0 Å². The van der Waals surface area contributed by atoms with E-state index in [1.807, 2.05) is 75.4 Å². The van der Waals surface area contributed by atoms with Gasteiger partial charge in [-0.05, 0) is 37.5 Å². The van der Waals surface area contributed by atoms with Gasteiger partial charge in [-0.1, -0.05) is 54.6 Å². The van der Waals surface area contributed by atoms with Gasteiger partial charge in [0, 0.05) is 5.56 Å². The number of hydrogen-bond donors (Lipinski definition) is 1. The van der Waals surface area contributed by atoms with Crippen LogP contribution in [-0.4, -0.2) is 22.5 Å². The molecule has 4 heteroatoms. The van der Waals surface area contributed by atoms with Gasteiger partial charge in [0.25, 0.3) is 0 Å². The number of hydroxylamine groups is 2. The predicted octanol–water partition coefficient (Wildman–Crippen LogP) is 4.31. The van der Waals surface area contributed by atoms with Crippen molar-refractivity contribution in [2.45, 2.75) is 33.4 Å². The molecule has 2 aromatic rings. The maximum atomic E-state index is 11.8. The fourth-order valence-electron chi connectivity index (χ4n) is 3.28. The smallest absolute Gasteiger partial charge is 0.163 e. The first kappa shape index (κ1) is 18.0. The zero-order valence-electron chi connectivity index (χ0n) is 15.3. The molecule has 0 saturated heterocycles. The van der Waals surface area contributed by atoms with E-state index < -0.39 is 0 Å². The summed E-state index contributed by atoms with van der Waals surface area (Å²) in [7, 11) is 0. The molecule has 1 heterocycles. The molecule has 4 nitrogen and oxygen atoms in total. The Bertz CT molecular complexity index is 845. The molecule has 1 N–H and O–H groups in total. The van der Waals surface area contributed by atoms with Crippen molar-refractivity contribution in [2.24, 2.45) is 0 Å². The van der Waals surface area contributed by atoms with Gasteiger partial charge in [0.15, 0.2) is 12.0 Å². The number of benzene rings is 2. The Morgan fingerprint density at radius 1 is 1.15 bits per heavy atom. The number of aldehydes is 1. The van der Waals surface area contributed by atoms with Crippen molar-refractivity contribution in [3.8, 4) is 5.75 Å². The number of aryl methyl sites for hydroxylation is 2. The highest BCUT2D eigenvalue weighted by Gasteiger charge is 2.34. The van der Waals surface area contributed by atoms with Crippen LogP contribution in [0.2, 0.25) is 0 Å². The second-order valence-corrected chi connectivity index (χ2v) is 6.48. The van der Waals surface area contributed by atoms with E-state index >= 15 is 0 Å². The normalized spacial score (nSPS) is 17.7. The number of nitrogens with zero attached hydrogens (tertiary/aromatic N) is 1. The zero-order chi connectivity index (χ0) is 18.7. The highest BCUT2D eigenvalue weighted by Crippen LogP contribution is 2.34. The van der Waals surface area contributed by atoms with E-state index in [9.17, 15) is 9.90 Å². The topological polar surface area (TPSA) is 49.8 Å². The third-order valence-electron chi connectivity index (χ3n) is 4.53. The minimum atomic E-state index is -0.248. The van der Waals surface area contributed by atoms with Crippen LogP contribution in [0.3, 0.4) is 0 Å². The zero-order valence-corrected chi connectivity index (χ0v) is 15.3. The number of carbonyl (C=O) groups is 1. The minimum absolute atomic E-state index is 0.248. The van der Waals surface area contributed by atoms with Crippen LogP contribution in [0.25, 0.3) is 5.76 Å². The molecule has 0 aliphatic carbocycles. The lowest BCUT2D eigenvalue weighted by atomic mass is 10.0. The summed E-state index contributed by atoms with van der Waals surface area (Å²) >= 11 is 0. The van der Waals surface area contributed by atoms with Crippen LogP contribution in [0.1, 0.15) is 29.2 Å². The molecule has 0 fully saturated rings. The van der Waals surface area contributed by atoms with Crippen LogP contribution in [0, 0.1) is 13.8 Å². The monoisotopic (exact) mass is 349 g/mol. The minimum Gasteiger partial charge on any atom is -0.507 e. The molecule has 0 saturated carbocycles.